The summed E-state index contributed by atoms with van der Waals surface area (Å²) in [6, 6.07) is 12.6. The smallest absolute Gasteiger partial charge is 0.257 e. The second-order valence-corrected chi connectivity index (χ2v) is 7.04. The van der Waals surface area contributed by atoms with Gasteiger partial charge in [0.2, 0.25) is 6.79 Å². The van der Waals surface area contributed by atoms with Gasteiger partial charge in [0.15, 0.2) is 11.5 Å². The van der Waals surface area contributed by atoms with Crippen LogP contribution in [0.1, 0.15) is 34.8 Å². The lowest BCUT2D eigenvalue weighted by atomic mass is 10.1. The van der Waals surface area contributed by atoms with Crippen LogP contribution in [0.25, 0.3) is 11.3 Å². The molecule has 3 aromatic rings. The summed E-state index contributed by atoms with van der Waals surface area (Å²) < 4.78 is 10.8. The van der Waals surface area contributed by atoms with Crippen LogP contribution in [0.4, 0.5) is 5.69 Å². The molecule has 0 bridgehead atoms. The number of H-pyrrole nitrogens is 1. The minimum atomic E-state index is -0.258. The second-order valence-electron chi connectivity index (χ2n) is 6.64. The van der Waals surface area contributed by atoms with Crippen LogP contribution in [-0.4, -0.2) is 22.9 Å². The number of aromatic nitrogens is 2. The van der Waals surface area contributed by atoms with Gasteiger partial charge in [-0.05, 0) is 43.2 Å². The molecule has 0 radical (unpaired) electrons. The highest BCUT2D eigenvalue weighted by Gasteiger charge is 2.31. The number of carbonyl (C=O) groups excluding carboxylic acids is 1. The van der Waals surface area contributed by atoms with E-state index in [2.05, 4.69) is 15.5 Å². The summed E-state index contributed by atoms with van der Waals surface area (Å²) in [7, 11) is 0. The predicted molar refractivity (Wildman–Crippen MR) is 102 cm³/mol. The van der Waals surface area contributed by atoms with E-state index in [4.69, 9.17) is 21.1 Å². The first-order chi connectivity index (χ1) is 13.2. The lowest BCUT2D eigenvalue weighted by Crippen LogP contribution is -2.13. The van der Waals surface area contributed by atoms with Crippen LogP contribution in [-0.2, 0) is 0 Å². The molecular formula is C20H16ClN3O3. The lowest BCUT2D eigenvalue weighted by molar-refractivity contribution is 0.102. The molecule has 27 heavy (non-hydrogen) atoms. The Bertz CT molecular complexity index is 1040. The van der Waals surface area contributed by atoms with Gasteiger partial charge in [0.05, 0.1) is 22.0 Å². The third-order valence-electron chi connectivity index (χ3n) is 4.78. The number of hydrogen-bond donors (Lipinski definition) is 2. The van der Waals surface area contributed by atoms with Crippen molar-refractivity contribution in [3.8, 4) is 22.8 Å². The molecule has 136 valence electrons. The second kappa shape index (κ2) is 6.32. The molecule has 2 aromatic carbocycles. The average Bonchev–Trinajstić information content (AvgIpc) is 3.26. The Morgan fingerprint density at radius 3 is 2.78 bits per heavy atom. The molecule has 0 spiro atoms. The molecule has 0 saturated heterocycles. The van der Waals surface area contributed by atoms with Crippen LogP contribution >= 0.6 is 11.6 Å². The van der Waals surface area contributed by atoms with Crippen LogP contribution in [0.5, 0.6) is 11.5 Å². The van der Waals surface area contributed by atoms with E-state index in [1.807, 2.05) is 18.2 Å². The third kappa shape index (κ3) is 2.92. The van der Waals surface area contributed by atoms with Gasteiger partial charge in [-0.15, -0.1) is 0 Å². The van der Waals surface area contributed by atoms with E-state index in [1.54, 1.807) is 24.3 Å². The summed E-state index contributed by atoms with van der Waals surface area (Å²) in [4.78, 5) is 12.8. The van der Waals surface area contributed by atoms with Crippen molar-refractivity contribution >= 4 is 23.2 Å². The molecule has 0 unspecified atom stereocenters. The van der Waals surface area contributed by atoms with E-state index in [9.17, 15) is 4.79 Å². The fourth-order valence-electron chi connectivity index (χ4n) is 3.23. The highest BCUT2D eigenvalue weighted by molar-refractivity contribution is 6.34. The van der Waals surface area contributed by atoms with Gasteiger partial charge < -0.3 is 14.8 Å². The van der Waals surface area contributed by atoms with Crippen molar-refractivity contribution in [2.24, 2.45) is 0 Å². The van der Waals surface area contributed by atoms with Crippen LogP contribution in [0.2, 0.25) is 5.02 Å². The van der Waals surface area contributed by atoms with E-state index >= 15 is 0 Å². The number of fused-ring (bicyclic) bond motifs is 1. The minimum absolute atomic E-state index is 0.211. The molecule has 1 aromatic heterocycles. The Hall–Kier alpha value is -2.99. The number of benzene rings is 2. The zero-order valence-electron chi connectivity index (χ0n) is 14.3. The van der Waals surface area contributed by atoms with Gasteiger partial charge in [-0.25, -0.2) is 0 Å². The Labute approximate surface area is 160 Å². The Morgan fingerprint density at radius 2 is 1.96 bits per heavy atom. The van der Waals surface area contributed by atoms with Gasteiger partial charge in [-0.2, -0.15) is 5.10 Å². The van der Waals surface area contributed by atoms with E-state index in [1.165, 1.54) is 0 Å². The first-order valence-corrected chi connectivity index (χ1v) is 9.12. The number of rotatable bonds is 4. The third-order valence-corrected chi connectivity index (χ3v) is 5.11. The normalized spacial score (nSPS) is 15.0. The maximum Gasteiger partial charge on any atom is 0.257 e. The molecule has 1 amide bonds. The lowest BCUT2D eigenvalue weighted by Gasteiger charge is -2.10. The Kier molecular flexibility index (Phi) is 3.79. The number of aromatic amines is 1. The van der Waals surface area contributed by atoms with E-state index in [-0.39, 0.29) is 12.7 Å². The molecule has 2 aliphatic rings. The number of nitrogens with one attached hydrogen (secondary N) is 2. The monoisotopic (exact) mass is 381 g/mol. The van der Waals surface area contributed by atoms with E-state index in [0.29, 0.717) is 39.4 Å². The summed E-state index contributed by atoms with van der Waals surface area (Å²) in [5, 5.41) is 11.0. The summed E-state index contributed by atoms with van der Waals surface area (Å²) in [6.45, 7) is 0.211. The molecule has 1 aliphatic carbocycles. The van der Waals surface area contributed by atoms with Crippen molar-refractivity contribution < 1.29 is 14.3 Å². The van der Waals surface area contributed by atoms with Gasteiger partial charge >= 0.3 is 0 Å². The number of hydrogen-bond acceptors (Lipinski definition) is 4. The maximum atomic E-state index is 12.8. The van der Waals surface area contributed by atoms with Gasteiger partial charge in [-0.1, -0.05) is 23.7 Å². The van der Waals surface area contributed by atoms with Crippen molar-refractivity contribution in [2.45, 2.75) is 18.8 Å². The van der Waals surface area contributed by atoms with Gasteiger partial charge in [-0.3, -0.25) is 9.89 Å². The number of halogens is 1. The first-order valence-electron chi connectivity index (χ1n) is 8.75. The molecule has 2 heterocycles. The highest BCUT2D eigenvalue weighted by Crippen LogP contribution is 2.46. The number of amides is 1. The molecule has 2 N–H and O–H groups in total. The van der Waals surface area contributed by atoms with Crippen LogP contribution < -0.4 is 14.8 Å². The van der Waals surface area contributed by atoms with Gasteiger partial charge in [0.1, 0.15) is 5.69 Å². The van der Waals surface area contributed by atoms with E-state index in [0.717, 1.165) is 24.1 Å². The Balaban J connectivity index is 1.54. The average molecular weight is 382 g/mol. The standard InChI is InChI=1S/C20H16ClN3O3/c21-14-4-2-1-3-13(14)20(25)22-19-17(11-5-6-11)23-24-18(19)12-7-8-15-16(9-12)27-10-26-15/h1-4,7-9,11H,5-6,10H2,(H,22,25)(H,23,24). The maximum absolute atomic E-state index is 12.8. The number of anilines is 1. The molecule has 6 nitrogen and oxygen atoms in total. The number of nitrogens with zero attached hydrogens (tertiary/aromatic N) is 1. The van der Waals surface area contributed by atoms with Crippen LogP contribution in [0.15, 0.2) is 42.5 Å². The summed E-state index contributed by atoms with van der Waals surface area (Å²) >= 11 is 6.18. The zero-order chi connectivity index (χ0) is 18.4. The minimum Gasteiger partial charge on any atom is -0.454 e. The molecule has 1 saturated carbocycles. The molecule has 1 fully saturated rings. The van der Waals surface area contributed by atoms with Crippen molar-refractivity contribution in [1.82, 2.24) is 10.2 Å². The fourth-order valence-corrected chi connectivity index (χ4v) is 3.45. The SMILES string of the molecule is O=C(Nc1c(-c2ccc3c(c2)OCO3)n[nH]c1C1CC1)c1ccccc1Cl. The molecule has 1 aliphatic heterocycles. The molecule has 0 atom stereocenters. The van der Waals surface area contributed by atoms with Crippen LogP contribution in [0.3, 0.4) is 0 Å². The molecule has 7 heteroatoms. The largest absolute Gasteiger partial charge is 0.454 e. The van der Waals surface area contributed by atoms with Crippen molar-refractivity contribution in [3.63, 3.8) is 0 Å². The predicted octanol–water partition coefficient (Wildman–Crippen LogP) is 4.59. The molecular weight excluding hydrogens is 366 g/mol. The number of carbonyl (C=O) groups is 1. The van der Waals surface area contributed by atoms with E-state index < -0.39 is 0 Å². The molecule has 5 rings (SSSR count). The van der Waals surface area contributed by atoms with Crippen molar-refractivity contribution in [2.75, 3.05) is 12.1 Å². The number of ether oxygens (including phenoxy) is 2. The zero-order valence-corrected chi connectivity index (χ0v) is 15.0. The van der Waals surface area contributed by atoms with Crippen molar-refractivity contribution in [3.05, 3.63) is 58.7 Å². The highest BCUT2D eigenvalue weighted by atomic mass is 35.5. The van der Waals surface area contributed by atoms with Crippen LogP contribution in [0, 0.1) is 0 Å². The fraction of sp³-hybridized carbons (Fsp3) is 0.200. The Morgan fingerprint density at radius 1 is 1.15 bits per heavy atom. The summed E-state index contributed by atoms with van der Waals surface area (Å²) in [5.74, 6) is 1.51. The summed E-state index contributed by atoms with van der Waals surface area (Å²) in [5.41, 5.74) is 3.59. The van der Waals surface area contributed by atoms with Crippen molar-refractivity contribution in [1.29, 1.82) is 0 Å². The van der Waals surface area contributed by atoms with Gasteiger partial charge in [0, 0.05) is 11.5 Å². The first kappa shape index (κ1) is 16.2. The summed E-state index contributed by atoms with van der Waals surface area (Å²) in [6.07, 6.45) is 2.16. The quantitative estimate of drug-likeness (QED) is 0.693. The topological polar surface area (TPSA) is 76.2 Å². The van der Waals surface area contributed by atoms with Gasteiger partial charge in [0.25, 0.3) is 5.91 Å².